The van der Waals surface area contributed by atoms with Crippen LogP contribution in [0.2, 0.25) is 0 Å². The third-order valence-electron chi connectivity index (χ3n) is 8.22. The first-order chi connectivity index (χ1) is 12.6. The molecule has 1 N–H and O–H groups in total. The van der Waals surface area contributed by atoms with Crippen molar-refractivity contribution in [3.05, 3.63) is 23.8 Å². The van der Waals surface area contributed by atoms with Crippen molar-refractivity contribution in [1.29, 1.82) is 0 Å². The highest BCUT2D eigenvalue weighted by Gasteiger charge is 2.68. The van der Waals surface area contributed by atoms with E-state index in [9.17, 15) is 9.90 Å². The van der Waals surface area contributed by atoms with Crippen molar-refractivity contribution >= 4 is 11.6 Å². The molecular weight excluding hydrogens is 324 g/mol. The molecule has 2 saturated heterocycles. The molecule has 4 atom stereocenters. The molecule has 0 aromatic heterocycles. The van der Waals surface area contributed by atoms with E-state index >= 15 is 0 Å². The summed E-state index contributed by atoms with van der Waals surface area (Å²) in [5.41, 5.74) is 2.45. The lowest BCUT2D eigenvalue weighted by Gasteiger charge is -2.58. The van der Waals surface area contributed by atoms with E-state index in [4.69, 9.17) is 0 Å². The fourth-order valence-corrected chi connectivity index (χ4v) is 7.31. The zero-order valence-corrected chi connectivity index (χ0v) is 16.0. The first kappa shape index (κ1) is 16.6. The van der Waals surface area contributed by atoms with E-state index in [2.05, 4.69) is 17.9 Å². The topological polar surface area (TPSA) is 43.8 Å². The highest BCUT2D eigenvalue weighted by Crippen LogP contribution is 2.66. The summed E-state index contributed by atoms with van der Waals surface area (Å²) in [5, 5.41) is 10.7. The number of aromatic hydroxyl groups is 1. The van der Waals surface area contributed by atoms with Crippen LogP contribution in [0.3, 0.4) is 0 Å². The summed E-state index contributed by atoms with van der Waals surface area (Å²) in [4.78, 5) is 17.7. The minimum Gasteiger partial charge on any atom is -0.506 e. The summed E-state index contributed by atoms with van der Waals surface area (Å²) >= 11 is 0. The minimum atomic E-state index is 0.00752. The highest BCUT2D eigenvalue weighted by atomic mass is 16.3. The fraction of sp³-hybridized carbons (Fsp3) is 0.682. The molecule has 0 radical (unpaired) electrons. The number of benzene rings is 1. The van der Waals surface area contributed by atoms with Crippen LogP contribution in [0.15, 0.2) is 18.2 Å². The van der Waals surface area contributed by atoms with Crippen LogP contribution < -0.4 is 4.90 Å². The molecule has 1 aromatic carbocycles. The van der Waals surface area contributed by atoms with Crippen LogP contribution >= 0.6 is 0 Å². The van der Waals surface area contributed by atoms with Crippen molar-refractivity contribution in [2.75, 3.05) is 18.0 Å². The molecule has 1 aliphatic carbocycles. The molecule has 140 valence electrons. The smallest absolute Gasteiger partial charge is 0.227 e. The van der Waals surface area contributed by atoms with Gasteiger partial charge in [0.15, 0.2) is 0 Å². The second-order valence-electron chi connectivity index (χ2n) is 8.89. The number of amides is 1. The van der Waals surface area contributed by atoms with Gasteiger partial charge in [0.2, 0.25) is 5.91 Å². The van der Waals surface area contributed by atoms with E-state index in [-0.39, 0.29) is 23.1 Å². The second kappa shape index (κ2) is 5.48. The summed E-state index contributed by atoms with van der Waals surface area (Å²) in [5.74, 6) is 0.442. The Morgan fingerprint density at radius 2 is 2.08 bits per heavy atom. The Bertz CT molecular complexity index is 763. The van der Waals surface area contributed by atoms with Gasteiger partial charge in [-0.25, -0.2) is 0 Å². The summed E-state index contributed by atoms with van der Waals surface area (Å²) in [7, 11) is 0. The van der Waals surface area contributed by atoms with Crippen LogP contribution in [-0.2, 0) is 10.2 Å². The van der Waals surface area contributed by atoms with Crippen LogP contribution in [0.5, 0.6) is 5.75 Å². The zero-order chi connectivity index (χ0) is 18.1. The van der Waals surface area contributed by atoms with E-state index in [0.717, 1.165) is 25.1 Å². The van der Waals surface area contributed by atoms with Gasteiger partial charge in [0.05, 0.1) is 5.69 Å². The number of fused-ring (bicyclic) bond motifs is 1. The Kier molecular flexibility index (Phi) is 3.50. The van der Waals surface area contributed by atoms with Crippen molar-refractivity contribution in [1.82, 2.24) is 4.90 Å². The molecule has 3 heterocycles. The van der Waals surface area contributed by atoms with Gasteiger partial charge in [-0.1, -0.05) is 26.0 Å². The van der Waals surface area contributed by atoms with Crippen LogP contribution in [0.4, 0.5) is 5.69 Å². The lowest BCUT2D eigenvalue weighted by atomic mass is 9.52. The number of carbonyl (C=O) groups excluding carboxylic acids is 1. The molecule has 4 aliphatic rings. The van der Waals surface area contributed by atoms with Gasteiger partial charge in [-0.15, -0.1) is 0 Å². The molecule has 3 fully saturated rings. The predicted molar refractivity (Wildman–Crippen MR) is 103 cm³/mol. The molecule has 26 heavy (non-hydrogen) atoms. The standard InChI is InChI=1S/C22H30N2O2/c1-3-18(26)24-17-9-11-21(4-2)10-6-13-23-14-12-22(17,20(21)23)15-7-5-8-16(25)19(15)24/h5,7-8,17,20,25H,3-4,6,9-14H2,1-2H3/t17-,20-,21-,22-/m1/s1. The third-order valence-corrected chi connectivity index (χ3v) is 8.22. The normalized spacial score (nSPS) is 38.0. The Morgan fingerprint density at radius 3 is 2.85 bits per heavy atom. The number of nitrogens with zero attached hydrogens (tertiary/aromatic N) is 2. The molecule has 0 unspecified atom stereocenters. The summed E-state index contributed by atoms with van der Waals surface area (Å²) < 4.78 is 0. The van der Waals surface area contributed by atoms with Crippen LogP contribution in [0.25, 0.3) is 0 Å². The number of piperidine rings is 1. The average molecular weight is 354 g/mol. The van der Waals surface area contributed by atoms with Gasteiger partial charge in [-0.3, -0.25) is 9.69 Å². The van der Waals surface area contributed by atoms with Crippen molar-refractivity contribution in [2.45, 2.75) is 76.3 Å². The fourth-order valence-electron chi connectivity index (χ4n) is 7.31. The van der Waals surface area contributed by atoms with Crippen LogP contribution in [0, 0.1) is 5.41 Å². The Hall–Kier alpha value is -1.55. The van der Waals surface area contributed by atoms with E-state index < -0.39 is 0 Å². The van der Waals surface area contributed by atoms with Gasteiger partial charge >= 0.3 is 0 Å². The van der Waals surface area contributed by atoms with Crippen LogP contribution in [0.1, 0.15) is 64.4 Å². The molecule has 4 nitrogen and oxygen atoms in total. The lowest BCUT2D eigenvalue weighted by molar-refractivity contribution is -0.119. The number of para-hydroxylation sites is 1. The number of anilines is 1. The number of rotatable bonds is 2. The number of hydrogen-bond acceptors (Lipinski definition) is 3. The predicted octanol–water partition coefficient (Wildman–Crippen LogP) is 3.81. The average Bonchev–Trinajstić information content (AvgIpc) is 3.20. The Labute approximate surface area is 156 Å². The Morgan fingerprint density at radius 1 is 1.23 bits per heavy atom. The first-order valence-corrected chi connectivity index (χ1v) is 10.5. The van der Waals surface area contributed by atoms with E-state index in [1.54, 1.807) is 6.07 Å². The maximum Gasteiger partial charge on any atom is 0.227 e. The molecule has 5 rings (SSSR count). The van der Waals surface area contributed by atoms with Gasteiger partial charge in [0, 0.05) is 23.9 Å². The monoisotopic (exact) mass is 354 g/mol. The molecule has 1 amide bonds. The van der Waals surface area contributed by atoms with Gasteiger partial charge in [0.1, 0.15) is 5.75 Å². The molecule has 1 spiro atoms. The number of hydrogen-bond donors (Lipinski definition) is 1. The molecule has 1 saturated carbocycles. The Balaban J connectivity index is 1.75. The van der Waals surface area contributed by atoms with Gasteiger partial charge in [-0.2, -0.15) is 0 Å². The van der Waals surface area contributed by atoms with Crippen molar-refractivity contribution < 1.29 is 9.90 Å². The zero-order valence-electron chi connectivity index (χ0n) is 16.0. The van der Waals surface area contributed by atoms with Gasteiger partial charge in [-0.05, 0) is 68.7 Å². The lowest BCUT2D eigenvalue weighted by Crippen LogP contribution is -2.65. The molecule has 0 bridgehead atoms. The molecular formula is C22H30N2O2. The maximum atomic E-state index is 13.0. The van der Waals surface area contributed by atoms with Gasteiger partial charge < -0.3 is 10.0 Å². The van der Waals surface area contributed by atoms with E-state index in [0.29, 0.717) is 17.9 Å². The highest BCUT2D eigenvalue weighted by molar-refractivity contribution is 5.99. The summed E-state index contributed by atoms with van der Waals surface area (Å²) in [6, 6.07) is 6.67. The second-order valence-corrected chi connectivity index (χ2v) is 8.89. The quantitative estimate of drug-likeness (QED) is 0.878. The van der Waals surface area contributed by atoms with E-state index in [1.807, 2.05) is 17.9 Å². The van der Waals surface area contributed by atoms with Crippen molar-refractivity contribution in [3.63, 3.8) is 0 Å². The van der Waals surface area contributed by atoms with Crippen molar-refractivity contribution in [2.24, 2.45) is 5.41 Å². The largest absolute Gasteiger partial charge is 0.506 e. The van der Waals surface area contributed by atoms with Crippen LogP contribution in [-0.4, -0.2) is 41.1 Å². The molecule has 3 aliphatic heterocycles. The molecule has 4 heteroatoms. The number of phenolic OH excluding ortho intramolecular Hbond substituents is 1. The first-order valence-electron chi connectivity index (χ1n) is 10.5. The summed E-state index contributed by atoms with van der Waals surface area (Å²) in [6.07, 6.45) is 7.72. The summed E-state index contributed by atoms with van der Waals surface area (Å²) in [6.45, 7) is 6.62. The van der Waals surface area contributed by atoms with Gasteiger partial charge in [0.25, 0.3) is 0 Å². The maximum absolute atomic E-state index is 13.0. The van der Waals surface area contributed by atoms with Crippen molar-refractivity contribution in [3.8, 4) is 5.75 Å². The number of phenols is 1. The third kappa shape index (κ3) is 1.77. The number of carbonyl (C=O) groups is 1. The van der Waals surface area contributed by atoms with E-state index in [1.165, 1.54) is 37.8 Å². The molecule has 1 aromatic rings. The minimum absolute atomic E-state index is 0.00752. The SMILES string of the molecule is CCC(=O)N1c2c(O)cccc2[C@]23CCN4CCC[C@](CC)(CC[C@@H]12)[C@@H]43.